The highest BCUT2D eigenvalue weighted by molar-refractivity contribution is 6.27. The summed E-state index contributed by atoms with van der Waals surface area (Å²) in [7, 11) is 0. The number of carbonyl (C=O) groups excluding carboxylic acids is 1. The summed E-state index contributed by atoms with van der Waals surface area (Å²) < 4.78 is 27.1. The summed E-state index contributed by atoms with van der Waals surface area (Å²) in [6.07, 6.45) is 1.35. The molecule has 1 saturated carbocycles. The van der Waals surface area contributed by atoms with E-state index in [1.54, 1.807) is 0 Å². The van der Waals surface area contributed by atoms with Crippen molar-refractivity contribution in [2.75, 3.05) is 19.0 Å². The van der Waals surface area contributed by atoms with E-state index in [9.17, 15) is 13.6 Å². The highest BCUT2D eigenvalue weighted by atomic mass is 35.5. The van der Waals surface area contributed by atoms with Crippen LogP contribution in [0.1, 0.15) is 19.3 Å². The fourth-order valence-corrected chi connectivity index (χ4v) is 2.88. The Labute approximate surface area is 92.6 Å². The average Bonchev–Trinajstić information content (AvgIpc) is 2.61. The molecule has 1 aliphatic carbocycles. The van der Waals surface area contributed by atoms with Crippen molar-refractivity contribution >= 4 is 17.5 Å². The SMILES string of the molecule is O=C(CCl)N1C[C@@H]2CCCC(F)(F)[C@@H]2C1. The predicted molar refractivity (Wildman–Crippen MR) is 53.1 cm³/mol. The highest BCUT2D eigenvalue weighted by Gasteiger charge is 2.51. The topological polar surface area (TPSA) is 20.3 Å². The Morgan fingerprint density at radius 1 is 1.47 bits per heavy atom. The van der Waals surface area contributed by atoms with Gasteiger partial charge in [0.25, 0.3) is 5.92 Å². The van der Waals surface area contributed by atoms with Gasteiger partial charge in [0, 0.05) is 25.4 Å². The number of halogens is 3. The maximum absolute atomic E-state index is 13.5. The Hall–Kier alpha value is -0.380. The number of hydrogen-bond donors (Lipinski definition) is 0. The van der Waals surface area contributed by atoms with Crippen LogP contribution in [0.15, 0.2) is 0 Å². The van der Waals surface area contributed by atoms with Crippen molar-refractivity contribution in [2.24, 2.45) is 11.8 Å². The molecule has 1 saturated heterocycles. The van der Waals surface area contributed by atoms with Gasteiger partial charge in [0.1, 0.15) is 5.88 Å². The minimum atomic E-state index is -2.59. The Bertz CT molecular complexity index is 272. The molecule has 0 unspecified atom stereocenters. The van der Waals surface area contributed by atoms with Crippen LogP contribution in [0.25, 0.3) is 0 Å². The Balaban J connectivity index is 2.08. The summed E-state index contributed by atoms with van der Waals surface area (Å²) in [6.45, 7) is 0.648. The van der Waals surface area contributed by atoms with Gasteiger partial charge in [0.2, 0.25) is 5.91 Å². The largest absolute Gasteiger partial charge is 0.341 e. The molecule has 2 fully saturated rings. The van der Waals surface area contributed by atoms with Gasteiger partial charge in [-0.3, -0.25) is 4.79 Å². The smallest absolute Gasteiger partial charge is 0.252 e. The summed E-state index contributed by atoms with van der Waals surface area (Å²) in [6, 6.07) is 0. The molecule has 15 heavy (non-hydrogen) atoms. The van der Waals surface area contributed by atoms with E-state index >= 15 is 0 Å². The molecule has 0 aromatic rings. The van der Waals surface area contributed by atoms with E-state index in [-0.39, 0.29) is 30.7 Å². The van der Waals surface area contributed by atoms with Gasteiger partial charge >= 0.3 is 0 Å². The molecule has 86 valence electrons. The number of alkyl halides is 3. The summed E-state index contributed by atoms with van der Waals surface area (Å²) in [4.78, 5) is 12.8. The van der Waals surface area contributed by atoms with Crippen LogP contribution in [-0.2, 0) is 4.79 Å². The number of hydrogen-bond acceptors (Lipinski definition) is 1. The van der Waals surface area contributed by atoms with Crippen molar-refractivity contribution in [1.82, 2.24) is 4.90 Å². The lowest BCUT2D eigenvalue weighted by molar-refractivity contribution is -0.128. The number of likely N-dealkylation sites (tertiary alicyclic amines) is 1. The van der Waals surface area contributed by atoms with Gasteiger partial charge in [-0.1, -0.05) is 0 Å². The molecule has 5 heteroatoms. The molecule has 2 rings (SSSR count). The predicted octanol–water partition coefficient (Wildman–Crippen LogP) is 2.12. The zero-order valence-electron chi connectivity index (χ0n) is 8.39. The second-order valence-electron chi connectivity index (χ2n) is 4.45. The van der Waals surface area contributed by atoms with E-state index in [4.69, 9.17) is 11.6 Å². The quantitative estimate of drug-likeness (QED) is 0.640. The van der Waals surface area contributed by atoms with Crippen LogP contribution in [0, 0.1) is 11.8 Å². The number of nitrogens with zero attached hydrogens (tertiary/aromatic N) is 1. The molecule has 1 amide bonds. The zero-order valence-corrected chi connectivity index (χ0v) is 9.14. The molecule has 0 aromatic carbocycles. The van der Waals surface area contributed by atoms with Gasteiger partial charge in [0.05, 0.1) is 0 Å². The fraction of sp³-hybridized carbons (Fsp3) is 0.900. The second kappa shape index (κ2) is 3.89. The first kappa shape index (κ1) is 11.1. The molecular formula is C10H14ClF2NO. The van der Waals surface area contributed by atoms with Crippen molar-refractivity contribution in [3.63, 3.8) is 0 Å². The van der Waals surface area contributed by atoms with Crippen molar-refractivity contribution < 1.29 is 13.6 Å². The molecule has 2 aliphatic rings. The first-order valence-electron chi connectivity index (χ1n) is 5.26. The third-order valence-corrected chi connectivity index (χ3v) is 3.76. The zero-order chi connectivity index (χ0) is 11.1. The molecule has 1 heterocycles. The normalized spacial score (nSPS) is 33.9. The van der Waals surface area contributed by atoms with E-state index in [1.807, 2.05) is 0 Å². The van der Waals surface area contributed by atoms with Crippen LogP contribution in [-0.4, -0.2) is 35.7 Å². The van der Waals surface area contributed by atoms with Crippen LogP contribution in [0.2, 0.25) is 0 Å². The van der Waals surface area contributed by atoms with E-state index < -0.39 is 11.8 Å². The van der Waals surface area contributed by atoms with Gasteiger partial charge < -0.3 is 4.90 Å². The van der Waals surface area contributed by atoms with E-state index in [0.717, 1.165) is 6.42 Å². The third kappa shape index (κ3) is 1.96. The number of rotatable bonds is 1. The Kier molecular flexibility index (Phi) is 2.88. The molecule has 2 nitrogen and oxygen atoms in total. The van der Waals surface area contributed by atoms with Crippen LogP contribution >= 0.6 is 11.6 Å². The molecule has 0 N–H and O–H groups in total. The number of fused-ring (bicyclic) bond motifs is 1. The van der Waals surface area contributed by atoms with Crippen molar-refractivity contribution in [2.45, 2.75) is 25.2 Å². The average molecular weight is 238 g/mol. The highest BCUT2D eigenvalue weighted by Crippen LogP contribution is 2.45. The Morgan fingerprint density at radius 2 is 2.20 bits per heavy atom. The van der Waals surface area contributed by atoms with Gasteiger partial charge in [-0.05, 0) is 18.8 Å². The van der Waals surface area contributed by atoms with Gasteiger partial charge in [-0.25, -0.2) is 8.78 Å². The van der Waals surface area contributed by atoms with E-state index in [1.165, 1.54) is 4.90 Å². The van der Waals surface area contributed by atoms with Crippen molar-refractivity contribution in [3.05, 3.63) is 0 Å². The standard InChI is InChI=1S/C10H14ClF2NO/c11-4-9(15)14-5-7-2-1-3-10(12,13)8(7)6-14/h7-8H,1-6H2/t7-,8+/m0/s1. The summed E-state index contributed by atoms with van der Waals surface area (Å²) >= 11 is 5.42. The summed E-state index contributed by atoms with van der Waals surface area (Å²) in [5.74, 6) is -3.59. The van der Waals surface area contributed by atoms with Crippen LogP contribution in [0.3, 0.4) is 0 Å². The molecule has 1 aliphatic heterocycles. The fourth-order valence-electron chi connectivity index (χ4n) is 2.72. The molecular weight excluding hydrogens is 224 g/mol. The lowest BCUT2D eigenvalue weighted by atomic mass is 9.79. The first-order chi connectivity index (χ1) is 7.04. The summed E-state index contributed by atoms with van der Waals surface area (Å²) in [5.41, 5.74) is 0. The minimum Gasteiger partial charge on any atom is -0.341 e. The summed E-state index contributed by atoms with van der Waals surface area (Å²) in [5, 5.41) is 0. The molecule has 0 radical (unpaired) electrons. The minimum absolute atomic E-state index is 0.0269. The van der Waals surface area contributed by atoms with E-state index in [2.05, 4.69) is 0 Å². The number of carbonyl (C=O) groups is 1. The molecule has 0 spiro atoms. The van der Waals surface area contributed by atoms with Crippen molar-refractivity contribution in [3.8, 4) is 0 Å². The monoisotopic (exact) mass is 237 g/mol. The maximum atomic E-state index is 13.5. The van der Waals surface area contributed by atoms with E-state index in [0.29, 0.717) is 13.0 Å². The molecule has 2 atom stereocenters. The lowest BCUT2D eigenvalue weighted by Gasteiger charge is -2.32. The molecule has 0 bridgehead atoms. The Morgan fingerprint density at radius 3 is 2.80 bits per heavy atom. The first-order valence-corrected chi connectivity index (χ1v) is 5.79. The van der Waals surface area contributed by atoms with Gasteiger partial charge in [-0.2, -0.15) is 0 Å². The van der Waals surface area contributed by atoms with Crippen LogP contribution in [0.5, 0.6) is 0 Å². The third-order valence-electron chi connectivity index (χ3n) is 3.54. The maximum Gasteiger partial charge on any atom is 0.252 e. The second-order valence-corrected chi connectivity index (χ2v) is 4.72. The lowest BCUT2D eigenvalue weighted by Crippen LogP contribution is -2.38. The van der Waals surface area contributed by atoms with Crippen LogP contribution in [0.4, 0.5) is 8.78 Å². The molecule has 0 aromatic heterocycles. The van der Waals surface area contributed by atoms with Gasteiger partial charge in [0.15, 0.2) is 0 Å². The van der Waals surface area contributed by atoms with Crippen molar-refractivity contribution in [1.29, 1.82) is 0 Å². The van der Waals surface area contributed by atoms with Gasteiger partial charge in [-0.15, -0.1) is 11.6 Å². The van der Waals surface area contributed by atoms with Crippen LogP contribution < -0.4 is 0 Å². The number of amides is 1.